The Morgan fingerprint density at radius 1 is 1.15 bits per heavy atom. The molecule has 1 aromatic rings. The van der Waals surface area contributed by atoms with E-state index in [0.29, 0.717) is 19.3 Å². The summed E-state index contributed by atoms with van der Waals surface area (Å²) in [6.07, 6.45) is 6.91. The number of benzene rings is 1. The third kappa shape index (κ3) is 5.51. The van der Waals surface area contributed by atoms with E-state index in [0.717, 1.165) is 18.8 Å². The van der Waals surface area contributed by atoms with Gasteiger partial charge in [0, 0.05) is 6.54 Å². The van der Waals surface area contributed by atoms with Gasteiger partial charge in [-0.1, -0.05) is 38.3 Å². The Morgan fingerprint density at radius 3 is 2.80 bits per heavy atom. The van der Waals surface area contributed by atoms with E-state index in [1.54, 1.807) is 0 Å². The second kappa shape index (κ2) is 8.98. The lowest BCUT2D eigenvalue weighted by Gasteiger charge is -2.22. The molecule has 0 spiro atoms. The first-order chi connectivity index (χ1) is 9.88. The van der Waals surface area contributed by atoms with Crippen molar-refractivity contribution in [3.63, 3.8) is 0 Å². The van der Waals surface area contributed by atoms with Crippen LogP contribution < -0.4 is 10.1 Å². The van der Waals surface area contributed by atoms with Crippen LogP contribution in [0, 0.1) is 0 Å². The van der Waals surface area contributed by atoms with Gasteiger partial charge in [-0.05, 0) is 37.1 Å². The van der Waals surface area contributed by atoms with Crippen molar-refractivity contribution in [2.24, 2.45) is 0 Å². The predicted octanol–water partition coefficient (Wildman–Crippen LogP) is 3.52. The molecule has 3 heteroatoms. The molecule has 0 atom stereocenters. The standard InChI is InChI=1S/C17H27NO2/c1-2-18-14-15-7-6-10-17(13-15)20-12-11-19-16-8-4-3-5-9-16/h6-7,10,13,16,18H,2-5,8-9,11-12,14H2,1H3. The van der Waals surface area contributed by atoms with Crippen LogP contribution in [0.5, 0.6) is 5.75 Å². The number of hydrogen-bond acceptors (Lipinski definition) is 3. The van der Waals surface area contributed by atoms with Crippen molar-refractivity contribution in [2.75, 3.05) is 19.8 Å². The third-order valence-corrected chi connectivity index (χ3v) is 3.74. The first-order valence-corrected chi connectivity index (χ1v) is 7.92. The molecule has 0 heterocycles. The average molecular weight is 277 g/mol. The molecule has 0 aromatic heterocycles. The fraction of sp³-hybridized carbons (Fsp3) is 0.647. The van der Waals surface area contributed by atoms with Crippen molar-refractivity contribution < 1.29 is 9.47 Å². The summed E-state index contributed by atoms with van der Waals surface area (Å²) >= 11 is 0. The fourth-order valence-electron chi connectivity index (χ4n) is 2.62. The Kier molecular flexibility index (Phi) is 6.89. The number of hydrogen-bond donors (Lipinski definition) is 1. The minimum Gasteiger partial charge on any atom is -0.491 e. The fourth-order valence-corrected chi connectivity index (χ4v) is 2.62. The summed E-state index contributed by atoms with van der Waals surface area (Å²) in [6.45, 7) is 5.33. The summed E-state index contributed by atoms with van der Waals surface area (Å²) in [5, 5.41) is 3.32. The van der Waals surface area contributed by atoms with E-state index in [2.05, 4.69) is 24.4 Å². The van der Waals surface area contributed by atoms with Crippen LogP contribution in [0.25, 0.3) is 0 Å². The lowest BCUT2D eigenvalue weighted by molar-refractivity contribution is 0.0129. The molecule has 0 radical (unpaired) electrons. The highest BCUT2D eigenvalue weighted by Gasteiger charge is 2.13. The quantitative estimate of drug-likeness (QED) is 0.737. The lowest BCUT2D eigenvalue weighted by Crippen LogP contribution is -2.19. The molecule has 3 nitrogen and oxygen atoms in total. The van der Waals surface area contributed by atoms with Crippen molar-refractivity contribution in [2.45, 2.75) is 51.7 Å². The van der Waals surface area contributed by atoms with E-state index in [-0.39, 0.29) is 0 Å². The summed E-state index contributed by atoms with van der Waals surface area (Å²) in [7, 11) is 0. The molecule has 1 N–H and O–H groups in total. The number of nitrogens with one attached hydrogen (secondary N) is 1. The predicted molar refractivity (Wildman–Crippen MR) is 82.1 cm³/mol. The average Bonchev–Trinajstić information content (AvgIpc) is 2.51. The van der Waals surface area contributed by atoms with Gasteiger partial charge in [-0.15, -0.1) is 0 Å². The van der Waals surface area contributed by atoms with Gasteiger partial charge in [-0.3, -0.25) is 0 Å². The van der Waals surface area contributed by atoms with Crippen molar-refractivity contribution in [1.29, 1.82) is 0 Å². The molecule has 2 rings (SSSR count). The summed E-state index contributed by atoms with van der Waals surface area (Å²) in [5.41, 5.74) is 1.26. The minimum atomic E-state index is 0.465. The van der Waals surface area contributed by atoms with Crippen LogP contribution in [0.3, 0.4) is 0 Å². The van der Waals surface area contributed by atoms with Crippen LogP contribution in [0.4, 0.5) is 0 Å². The molecule has 0 aliphatic heterocycles. The van der Waals surface area contributed by atoms with Gasteiger partial charge in [0.25, 0.3) is 0 Å². The molecular weight excluding hydrogens is 250 g/mol. The number of ether oxygens (including phenoxy) is 2. The van der Waals surface area contributed by atoms with Crippen molar-refractivity contribution in [3.05, 3.63) is 29.8 Å². The van der Waals surface area contributed by atoms with Crippen LogP contribution in [0.1, 0.15) is 44.6 Å². The zero-order valence-electron chi connectivity index (χ0n) is 12.6. The van der Waals surface area contributed by atoms with Gasteiger partial charge in [0.1, 0.15) is 12.4 Å². The maximum absolute atomic E-state index is 5.86. The van der Waals surface area contributed by atoms with Gasteiger partial charge in [-0.25, -0.2) is 0 Å². The van der Waals surface area contributed by atoms with Gasteiger partial charge < -0.3 is 14.8 Å². The molecule has 1 aliphatic carbocycles. The third-order valence-electron chi connectivity index (χ3n) is 3.74. The normalized spacial score (nSPS) is 16.2. The maximum atomic E-state index is 5.86. The molecular formula is C17H27NO2. The van der Waals surface area contributed by atoms with E-state index >= 15 is 0 Å². The summed E-state index contributed by atoms with van der Waals surface area (Å²) in [4.78, 5) is 0. The highest BCUT2D eigenvalue weighted by Crippen LogP contribution is 2.20. The molecule has 112 valence electrons. The van der Waals surface area contributed by atoms with E-state index in [1.165, 1.54) is 37.7 Å². The van der Waals surface area contributed by atoms with Crippen LogP contribution in [0.2, 0.25) is 0 Å². The Labute approximate surface area is 122 Å². The number of rotatable bonds is 8. The molecule has 1 fully saturated rings. The van der Waals surface area contributed by atoms with Gasteiger partial charge in [0.05, 0.1) is 12.7 Å². The van der Waals surface area contributed by atoms with Gasteiger partial charge in [0.15, 0.2) is 0 Å². The van der Waals surface area contributed by atoms with E-state index in [9.17, 15) is 0 Å². The summed E-state index contributed by atoms with van der Waals surface area (Å²) in [5.74, 6) is 0.938. The van der Waals surface area contributed by atoms with Gasteiger partial charge in [0.2, 0.25) is 0 Å². The molecule has 20 heavy (non-hydrogen) atoms. The zero-order chi connectivity index (χ0) is 14.0. The highest BCUT2D eigenvalue weighted by molar-refractivity contribution is 5.28. The van der Waals surface area contributed by atoms with Crippen LogP contribution in [0.15, 0.2) is 24.3 Å². The molecule has 0 bridgehead atoms. The zero-order valence-corrected chi connectivity index (χ0v) is 12.6. The molecule has 1 aliphatic rings. The molecule has 0 unspecified atom stereocenters. The molecule has 0 amide bonds. The van der Waals surface area contributed by atoms with Crippen LogP contribution in [-0.4, -0.2) is 25.9 Å². The Balaban J connectivity index is 1.65. The van der Waals surface area contributed by atoms with Crippen molar-refractivity contribution in [1.82, 2.24) is 5.32 Å². The molecule has 0 saturated heterocycles. The largest absolute Gasteiger partial charge is 0.491 e. The van der Waals surface area contributed by atoms with E-state index in [1.807, 2.05) is 12.1 Å². The van der Waals surface area contributed by atoms with Crippen LogP contribution >= 0.6 is 0 Å². The maximum Gasteiger partial charge on any atom is 0.119 e. The van der Waals surface area contributed by atoms with Crippen molar-refractivity contribution >= 4 is 0 Å². The Bertz CT molecular complexity index is 375. The lowest BCUT2D eigenvalue weighted by atomic mass is 9.98. The first kappa shape index (κ1) is 15.3. The highest BCUT2D eigenvalue weighted by atomic mass is 16.5. The SMILES string of the molecule is CCNCc1cccc(OCCOC2CCCCC2)c1. The first-order valence-electron chi connectivity index (χ1n) is 7.92. The monoisotopic (exact) mass is 277 g/mol. The molecule has 1 aromatic carbocycles. The van der Waals surface area contributed by atoms with Gasteiger partial charge in [-0.2, -0.15) is 0 Å². The molecule has 1 saturated carbocycles. The van der Waals surface area contributed by atoms with E-state index in [4.69, 9.17) is 9.47 Å². The summed E-state index contributed by atoms with van der Waals surface area (Å²) < 4.78 is 11.6. The van der Waals surface area contributed by atoms with Crippen LogP contribution in [-0.2, 0) is 11.3 Å². The smallest absolute Gasteiger partial charge is 0.119 e. The second-order valence-electron chi connectivity index (χ2n) is 5.41. The van der Waals surface area contributed by atoms with Gasteiger partial charge >= 0.3 is 0 Å². The second-order valence-corrected chi connectivity index (χ2v) is 5.41. The van der Waals surface area contributed by atoms with E-state index < -0.39 is 0 Å². The van der Waals surface area contributed by atoms with Crippen molar-refractivity contribution in [3.8, 4) is 5.75 Å². The summed E-state index contributed by atoms with van der Waals surface area (Å²) in [6, 6.07) is 8.28. The minimum absolute atomic E-state index is 0.465. The Hall–Kier alpha value is -1.06. The Morgan fingerprint density at radius 2 is 2.00 bits per heavy atom. The topological polar surface area (TPSA) is 30.5 Å².